The Morgan fingerprint density at radius 1 is 1.27 bits per heavy atom. The van der Waals surface area contributed by atoms with Gasteiger partial charge in [-0.3, -0.25) is 0 Å². The van der Waals surface area contributed by atoms with Gasteiger partial charge in [-0.05, 0) is 30.4 Å². The average Bonchev–Trinajstić information content (AvgIpc) is 2.46. The van der Waals surface area contributed by atoms with Crippen LogP contribution in [0.25, 0.3) is 11.4 Å². The molecule has 0 saturated carbocycles. The number of H-pyrrole nitrogens is 1. The largest absolute Gasteiger partial charge is 0.335 e. The van der Waals surface area contributed by atoms with Gasteiger partial charge < -0.3 is 5.84 Å². The van der Waals surface area contributed by atoms with Crippen LogP contribution in [0.5, 0.6) is 0 Å². The van der Waals surface area contributed by atoms with Gasteiger partial charge in [-0.2, -0.15) is 5.10 Å². The molecule has 1 aromatic heterocycles. The number of nitrogens with zero attached hydrogens (tertiary/aromatic N) is 2. The molecule has 0 unspecified atom stereocenters. The Bertz CT molecular complexity index is 540. The Morgan fingerprint density at radius 3 is 2.33 bits per heavy atom. The quantitative estimate of drug-likeness (QED) is 0.612. The fourth-order valence-corrected chi connectivity index (χ4v) is 1.85. The first-order chi connectivity index (χ1) is 7.08. The summed E-state index contributed by atoms with van der Waals surface area (Å²) in [6.45, 7) is 0. The summed E-state index contributed by atoms with van der Waals surface area (Å²) in [5.41, 5.74) is 0.711. The molecule has 0 saturated heterocycles. The van der Waals surface area contributed by atoms with Crippen LogP contribution in [0, 0.1) is 4.77 Å². The molecule has 0 aliphatic rings. The number of rotatable bonds is 1. The van der Waals surface area contributed by atoms with Crippen LogP contribution in [0.2, 0.25) is 10.0 Å². The highest BCUT2D eigenvalue weighted by atomic mass is 35.5. The van der Waals surface area contributed by atoms with Crippen molar-refractivity contribution < 1.29 is 0 Å². The lowest BCUT2D eigenvalue weighted by Gasteiger charge is -2.01. The summed E-state index contributed by atoms with van der Waals surface area (Å²) < 4.78 is 1.60. The van der Waals surface area contributed by atoms with Crippen molar-refractivity contribution in [3.05, 3.63) is 33.0 Å². The van der Waals surface area contributed by atoms with Crippen LogP contribution in [-0.4, -0.2) is 14.9 Å². The van der Waals surface area contributed by atoms with Gasteiger partial charge in [-0.15, -0.1) is 0 Å². The highest BCUT2D eigenvalue weighted by Crippen LogP contribution is 2.25. The zero-order valence-corrected chi connectivity index (χ0v) is 9.70. The van der Waals surface area contributed by atoms with Crippen molar-refractivity contribution in [2.75, 3.05) is 5.84 Å². The normalized spacial score (nSPS) is 10.5. The van der Waals surface area contributed by atoms with Gasteiger partial charge in [0, 0.05) is 15.6 Å². The minimum atomic E-state index is 0.334. The number of nitrogens with one attached hydrogen (secondary N) is 1. The van der Waals surface area contributed by atoms with Crippen molar-refractivity contribution in [3.63, 3.8) is 0 Å². The topological polar surface area (TPSA) is 59.6 Å². The molecule has 0 atom stereocenters. The minimum Gasteiger partial charge on any atom is -0.335 e. The second-order valence-corrected chi connectivity index (χ2v) is 4.14. The Kier molecular flexibility index (Phi) is 2.68. The number of hydrogen-bond acceptors (Lipinski definition) is 3. The number of halogens is 2. The van der Waals surface area contributed by atoms with E-state index in [1.807, 2.05) is 0 Å². The second-order valence-electron chi connectivity index (χ2n) is 2.88. The van der Waals surface area contributed by atoms with E-state index in [1.165, 1.54) is 4.68 Å². The monoisotopic (exact) mass is 260 g/mol. The van der Waals surface area contributed by atoms with Crippen molar-refractivity contribution in [3.8, 4) is 11.4 Å². The van der Waals surface area contributed by atoms with E-state index < -0.39 is 0 Å². The number of nitrogens with two attached hydrogens (primary N) is 1. The van der Waals surface area contributed by atoms with Crippen molar-refractivity contribution in [2.24, 2.45) is 0 Å². The highest BCUT2D eigenvalue weighted by Gasteiger charge is 2.07. The van der Waals surface area contributed by atoms with Crippen molar-refractivity contribution in [1.82, 2.24) is 14.9 Å². The van der Waals surface area contributed by atoms with E-state index in [9.17, 15) is 0 Å². The van der Waals surface area contributed by atoms with Crippen LogP contribution in [-0.2, 0) is 0 Å². The molecule has 2 aromatic rings. The zero-order valence-electron chi connectivity index (χ0n) is 7.37. The van der Waals surface area contributed by atoms with Crippen LogP contribution < -0.4 is 5.84 Å². The lowest BCUT2D eigenvalue weighted by molar-refractivity contribution is 0.984. The molecule has 0 bridgehead atoms. The van der Waals surface area contributed by atoms with E-state index >= 15 is 0 Å². The summed E-state index contributed by atoms with van der Waals surface area (Å²) in [6.07, 6.45) is 0. The highest BCUT2D eigenvalue weighted by molar-refractivity contribution is 7.71. The fourth-order valence-electron chi connectivity index (χ4n) is 1.19. The first-order valence-corrected chi connectivity index (χ1v) is 5.13. The van der Waals surface area contributed by atoms with Crippen LogP contribution in [0.3, 0.4) is 0 Å². The van der Waals surface area contributed by atoms with E-state index in [2.05, 4.69) is 10.2 Å². The minimum absolute atomic E-state index is 0.334. The molecule has 7 heteroatoms. The third-order valence-corrected chi connectivity index (χ3v) is 2.55. The number of hydrogen-bond donors (Lipinski definition) is 2. The summed E-state index contributed by atoms with van der Waals surface area (Å²) in [4.78, 5) is 0. The van der Waals surface area contributed by atoms with Crippen molar-refractivity contribution >= 4 is 35.4 Å². The van der Waals surface area contributed by atoms with E-state index in [0.717, 1.165) is 0 Å². The van der Waals surface area contributed by atoms with Crippen LogP contribution >= 0.6 is 35.4 Å². The first-order valence-electron chi connectivity index (χ1n) is 3.97. The Labute approximate surface area is 101 Å². The molecule has 0 radical (unpaired) electrons. The molecule has 0 aliphatic heterocycles. The molecule has 15 heavy (non-hydrogen) atoms. The van der Waals surface area contributed by atoms with Crippen LogP contribution in [0.4, 0.5) is 0 Å². The molecular weight excluding hydrogens is 255 g/mol. The summed E-state index contributed by atoms with van der Waals surface area (Å²) in [6, 6.07) is 5.05. The third-order valence-electron chi connectivity index (χ3n) is 1.83. The summed E-state index contributed by atoms with van der Waals surface area (Å²) in [5.74, 6) is 6.16. The molecule has 78 valence electrons. The van der Waals surface area contributed by atoms with Crippen LogP contribution in [0.1, 0.15) is 0 Å². The summed E-state index contributed by atoms with van der Waals surface area (Å²) in [5, 5.41) is 7.59. The SMILES string of the molecule is Nn1c(-c2cc(Cl)cc(Cl)c2)n[nH]c1=S. The maximum absolute atomic E-state index is 5.86. The number of aromatic amines is 1. The fraction of sp³-hybridized carbons (Fsp3) is 0. The molecule has 1 heterocycles. The van der Waals surface area contributed by atoms with Gasteiger partial charge in [0.1, 0.15) is 0 Å². The molecule has 0 amide bonds. The van der Waals surface area contributed by atoms with Gasteiger partial charge in [-0.25, -0.2) is 9.77 Å². The smallest absolute Gasteiger partial charge is 0.214 e. The number of aromatic nitrogens is 3. The molecule has 1 aromatic carbocycles. The predicted octanol–water partition coefficient (Wildman–Crippen LogP) is 2.63. The Hall–Kier alpha value is -1.04. The van der Waals surface area contributed by atoms with Gasteiger partial charge in [-0.1, -0.05) is 23.2 Å². The molecule has 3 N–H and O–H groups in total. The lowest BCUT2D eigenvalue weighted by atomic mass is 10.2. The van der Waals surface area contributed by atoms with E-state index in [-0.39, 0.29) is 0 Å². The first kappa shape index (κ1) is 10.5. The number of benzene rings is 1. The number of nitrogen functional groups attached to an aromatic ring is 1. The summed E-state index contributed by atoms with van der Waals surface area (Å²) in [7, 11) is 0. The van der Waals surface area contributed by atoms with E-state index in [0.29, 0.717) is 26.2 Å². The third kappa shape index (κ3) is 1.99. The van der Waals surface area contributed by atoms with E-state index in [1.54, 1.807) is 18.2 Å². The molecule has 0 aliphatic carbocycles. The van der Waals surface area contributed by atoms with Gasteiger partial charge in [0.05, 0.1) is 0 Å². The maximum Gasteiger partial charge on any atom is 0.214 e. The van der Waals surface area contributed by atoms with Gasteiger partial charge in [0.2, 0.25) is 4.77 Å². The second kappa shape index (κ2) is 3.84. The molecule has 2 rings (SSSR count). The van der Waals surface area contributed by atoms with Crippen molar-refractivity contribution in [1.29, 1.82) is 0 Å². The van der Waals surface area contributed by atoms with Gasteiger partial charge in [0.15, 0.2) is 5.82 Å². The Balaban J connectivity index is 2.63. The molecular formula is C8H6Cl2N4S. The molecule has 0 spiro atoms. The van der Waals surface area contributed by atoms with Crippen LogP contribution in [0.15, 0.2) is 18.2 Å². The zero-order chi connectivity index (χ0) is 11.0. The predicted molar refractivity (Wildman–Crippen MR) is 63.0 cm³/mol. The summed E-state index contributed by atoms with van der Waals surface area (Å²) >= 11 is 16.6. The molecule has 0 fully saturated rings. The standard InChI is InChI=1S/C8H6Cl2N4S/c9-5-1-4(2-6(10)3-5)7-12-13-8(15)14(7)11/h1-3H,11H2,(H,13,15). The average molecular weight is 261 g/mol. The van der Waals surface area contributed by atoms with E-state index in [4.69, 9.17) is 41.3 Å². The molecule has 4 nitrogen and oxygen atoms in total. The van der Waals surface area contributed by atoms with Gasteiger partial charge in [0.25, 0.3) is 0 Å². The Morgan fingerprint density at radius 2 is 1.87 bits per heavy atom. The van der Waals surface area contributed by atoms with Crippen molar-refractivity contribution in [2.45, 2.75) is 0 Å². The van der Waals surface area contributed by atoms with Gasteiger partial charge >= 0.3 is 0 Å². The maximum atomic E-state index is 5.86. The lowest BCUT2D eigenvalue weighted by Crippen LogP contribution is -2.09.